The minimum Gasteiger partial charge on any atom is -0.479 e. The largest absolute Gasteiger partial charge is 0.479 e. The number of amides is 1. The zero-order valence-corrected chi connectivity index (χ0v) is 11.6. The van der Waals surface area contributed by atoms with Crippen LogP contribution in [0.3, 0.4) is 0 Å². The fourth-order valence-corrected chi connectivity index (χ4v) is 2.33. The van der Waals surface area contributed by atoms with Gasteiger partial charge < -0.3 is 20.8 Å². The molecule has 0 aromatic carbocycles. The highest BCUT2D eigenvalue weighted by Gasteiger charge is 2.37. The fourth-order valence-electron chi connectivity index (χ4n) is 2.33. The van der Waals surface area contributed by atoms with Crippen molar-refractivity contribution < 1.29 is 19.8 Å². The van der Waals surface area contributed by atoms with Crippen LogP contribution in [0.25, 0.3) is 0 Å². The van der Waals surface area contributed by atoms with Crippen molar-refractivity contribution in [1.29, 1.82) is 0 Å². The lowest BCUT2D eigenvalue weighted by molar-refractivity contribution is -0.147. The third-order valence-electron chi connectivity index (χ3n) is 3.89. The molecule has 1 heterocycles. The van der Waals surface area contributed by atoms with E-state index >= 15 is 0 Å². The van der Waals surface area contributed by atoms with E-state index in [9.17, 15) is 9.59 Å². The van der Waals surface area contributed by atoms with Crippen molar-refractivity contribution >= 4 is 11.9 Å². The first-order chi connectivity index (χ1) is 8.85. The lowest BCUT2D eigenvalue weighted by Gasteiger charge is -2.36. The van der Waals surface area contributed by atoms with E-state index in [2.05, 4.69) is 10.6 Å². The summed E-state index contributed by atoms with van der Waals surface area (Å²) in [7, 11) is 0. The molecule has 0 radical (unpaired) electrons. The molecule has 2 atom stereocenters. The van der Waals surface area contributed by atoms with Crippen LogP contribution in [0.15, 0.2) is 0 Å². The monoisotopic (exact) mass is 272 g/mol. The van der Waals surface area contributed by atoms with Crippen molar-refractivity contribution in [2.24, 2.45) is 11.3 Å². The zero-order chi connectivity index (χ0) is 14.5. The summed E-state index contributed by atoms with van der Waals surface area (Å²) >= 11 is 0. The van der Waals surface area contributed by atoms with E-state index in [4.69, 9.17) is 10.2 Å². The van der Waals surface area contributed by atoms with Crippen molar-refractivity contribution in [3.8, 4) is 0 Å². The standard InChI is InChI=1S/C13H24N2O4/c1-13(2,9-4-3-6-14-8-9)12(19)15-7-5-10(16)11(17)18/h9-10,14,16H,3-8H2,1-2H3,(H,15,19)(H,17,18)/t9?,10-/m0/s1. The van der Waals surface area contributed by atoms with Crippen LogP contribution in [-0.4, -0.2) is 47.8 Å². The number of piperidine rings is 1. The van der Waals surface area contributed by atoms with E-state index in [-0.39, 0.29) is 24.8 Å². The lowest BCUT2D eigenvalue weighted by atomic mass is 9.74. The Kier molecular flexibility index (Phi) is 5.75. The molecule has 1 aliphatic rings. The Hall–Kier alpha value is -1.14. The Morgan fingerprint density at radius 2 is 2.16 bits per heavy atom. The second-order valence-corrected chi connectivity index (χ2v) is 5.66. The van der Waals surface area contributed by atoms with Crippen molar-refractivity contribution in [1.82, 2.24) is 10.6 Å². The predicted octanol–water partition coefficient (Wildman–Crippen LogP) is -0.0360. The lowest BCUT2D eigenvalue weighted by Crippen LogP contribution is -2.47. The van der Waals surface area contributed by atoms with Gasteiger partial charge >= 0.3 is 5.97 Å². The van der Waals surface area contributed by atoms with Gasteiger partial charge in [0.15, 0.2) is 6.10 Å². The molecule has 0 saturated carbocycles. The quantitative estimate of drug-likeness (QED) is 0.544. The van der Waals surface area contributed by atoms with Gasteiger partial charge in [-0.05, 0) is 31.8 Å². The molecule has 0 aliphatic carbocycles. The molecule has 6 heteroatoms. The van der Waals surface area contributed by atoms with Crippen LogP contribution >= 0.6 is 0 Å². The molecule has 1 unspecified atom stereocenters. The van der Waals surface area contributed by atoms with Gasteiger partial charge in [0.2, 0.25) is 5.91 Å². The number of aliphatic hydroxyl groups is 1. The molecule has 0 aromatic heterocycles. The van der Waals surface area contributed by atoms with E-state index in [1.54, 1.807) is 0 Å². The van der Waals surface area contributed by atoms with Crippen LogP contribution in [0.4, 0.5) is 0 Å². The van der Waals surface area contributed by atoms with Crippen molar-refractivity contribution in [3.05, 3.63) is 0 Å². The Labute approximate surface area is 113 Å². The van der Waals surface area contributed by atoms with E-state index in [0.717, 1.165) is 25.9 Å². The van der Waals surface area contributed by atoms with Crippen molar-refractivity contribution in [2.45, 2.75) is 39.2 Å². The summed E-state index contributed by atoms with van der Waals surface area (Å²) in [5.74, 6) is -1.06. The average molecular weight is 272 g/mol. The van der Waals surface area contributed by atoms with Crippen molar-refractivity contribution in [3.63, 3.8) is 0 Å². The van der Waals surface area contributed by atoms with Crippen LogP contribution < -0.4 is 10.6 Å². The van der Waals surface area contributed by atoms with Gasteiger partial charge in [-0.3, -0.25) is 4.79 Å². The number of nitrogens with one attached hydrogen (secondary N) is 2. The fraction of sp³-hybridized carbons (Fsp3) is 0.846. The molecule has 0 spiro atoms. The molecule has 0 aromatic rings. The van der Waals surface area contributed by atoms with E-state index in [0.29, 0.717) is 0 Å². The number of hydrogen-bond donors (Lipinski definition) is 4. The van der Waals surface area contributed by atoms with Gasteiger partial charge in [-0.25, -0.2) is 4.79 Å². The number of carboxylic acids is 1. The Morgan fingerprint density at radius 3 is 2.68 bits per heavy atom. The molecular weight excluding hydrogens is 248 g/mol. The summed E-state index contributed by atoms with van der Waals surface area (Å²) in [6.45, 7) is 5.83. The summed E-state index contributed by atoms with van der Waals surface area (Å²) in [6.07, 6.45) is 0.699. The van der Waals surface area contributed by atoms with Crippen molar-refractivity contribution in [2.75, 3.05) is 19.6 Å². The number of carbonyl (C=O) groups is 2. The van der Waals surface area contributed by atoms with E-state index < -0.39 is 17.5 Å². The van der Waals surface area contributed by atoms with Gasteiger partial charge in [0, 0.05) is 18.4 Å². The second kappa shape index (κ2) is 6.86. The van der Waals surface area contributed by atoms with E-state index in [1.165, 1.54) is 0 Å². The molecule has 0 bridgehead atoms. The highest BCUT2D eigenvalue weighted by Crippen LogP contribution is 2.31. The zero-order valence-electron chi connectivity index (χ0n) is 11.6. The van der Waals surface area contributed by atoms with Crippen LogP contribution in [-0.2, 0) is 9.59 Å². The molecule has 6 nitrogen and oxygen atoms in total. The minimum absolute atomic E-state index is 0.0278. The maximum absolute atomic E-state index is 12.1. The molecular formula is C13H24N2O4. The molecule has 19 heavy (non-hydrogen) atoms. The maximum Gasteiger partial charge on any atom is 0.332 e. The Morgan fingerprint density at radius 1 is 1.47 bits per heavy atom. The normalized spacial score (nSPS) is 21.7. The van der Waals surface area contributed by atoms with E-state index in [1.807, 2.05) is 13.8 Å². The number of hydrogen-bond acceptors (Lipinski definition) is 4. The summed E-state index contributed by atoms with van der Waals surface area (Å²) in [4.78, 5) is 22.6. The van der Waals surface area contributed by atoms with Crippen LogP contribution in [0.1, 0.15) is 33.1 Å². The molecule has 1 rings (SSSR count). The Bertz CT molecular complexity index is 325. The first-order valence-corrected chi connectivity index (χ1v) is 6.75. The molecule has 1 amide bonds. The molecule has 4 N–H and O–H groups in total. The third-order valence-corrected chi connectivity index (χ3v) is 3.89. The second-order valence-electron chi connectivity index (χ2n) is 5.66. The summed E-state index contributed by atoms with van der Waals surface area (Å²) in [5, 5.41) is 23.7. The number of aliphatic hydroxyl groups excluding tert-OH is 1. The van der Waals surface area contributed by atoms with Gasteiger partial charge in [0.05, 0.1) is 0 Å². The van der Waals surface area contributed by atoms with Gasteiger partial charge in [-0.2, -0.15) is 0 Å². The number of aliphatic carboxylic acids is 1. The average Bonchev–Trinajstić information content (AvgIpc) is 2.39. The number of carbonyl (C=O) groups excluding carboxylic acids is 1. The maximum atomic E-state index is 12.1. The first-order valence-electron chi connectivity index (χ1n) is 6.75. The van der Waals surface area contributed by atoms with Gasteiger partial charge in [0.1, 0.15) is 0 Å². The van der Waals surface area contributed by atoms with Crippen LogP contribution in [0.5, 0.6) is 0 Å². The highest BCUT2D eigenvalue weighted by atomic mass is 16.4. The molecule has 1 aliphatic heterocycles. The van der Waals surface area contributed by atoms with Gasteiger partial charge in [-0.1, -0.05) is 13.8 Å². The van der Waals surface area contributed by atoms with Gasteiger partial charge in [-0.15, -0.1) is 0 Å². The first kappa shape index (κ1) is 15.9. The topological polar surface area (TPSA) is 98.7 Å². The smallest absolute Gasteiger partial charge is 0.332 e. The third kappa shape index (κ3) is 4.47. The van der Waals surface area contributed by atoms with Crippen LogP contribution in [0, 0.1) is 11.3 Å². The molecule has 1 saturated heterocycles. The summed E-state index contributed by atoms with van der Waals surface area (Å²) in [5.41, 5.74) is -0.485. The highest BCUT2D eigenvalue weighted by molar-refractivity contribution is 5.82. The van der Waals surface area contributed by atoms with Gasteiger partial charge in [0.25, 0.3) is 0 Å². The SMILES string of the molecule is CC(C)(C(=O)NCC[C@H](O)C(=O)O)C1CCCNC1. The van der Waals surface area contributed by atoms with Crippen LogP contribution in [0.2, 0.25) is 0 Å². The molecule has 110 valence electrons. The summed E-state index contributed by atoms with van der Waals surface area (Å²) < 4.78 is 0. The minimum atomic E-state index is -1.42. The number of carboxylic acid groups (broad SMARTS) is 1. The number of rotatable bonds is 6. The predicted molar refractivity (Wildman–Crippen MR) is 70.6 cm³/mol. The molecule has 1 fully saturated rings. The Balaban J connectivity index is 2.40. The summed E-state index contributed by atoms with van der Waals surface area (Å²) in [6, 6.07) is 0.